The van der Waals surface area contributed by atoms with Gasteiger partial charge in [0.25, 0.3) is 0 Å². The van der Waals surface area contributed by atoms with Crippen LogP contribution in [-0.2, 0) is 4.79 Å². The monoisotopic (exact) mass is 170 g/mol. The van der Waals surface area contributed by atoms with Gasteiger partial charge in [0.05, 0.1) is 0 Å². The predicted molar refractivity (Wildman–Crippen MR) is 45.6 cm³/mol. The van der Waals surface area contributed by atoms with E-state index in [1.54, 1.807) is 6.92 Å². The SMILES string of the molecule is CC1=C(B(O)O)[SiH2]C(=O)C1C. The number of hydrogen-bond donors (Lipinski definition) is 2. The molecule has 1 atom stereocenters. The fourth-order valence-electron chi connectivity index (χ4n) is 1.29. The van der Waals surface area contributed by atoms with E-state index in [1.807, 2.05) is 6.92 Å². The number of rotatable bonds is 1. The van der Waals surface area contributed by atoms with Crippen molar-refractivity contribution in [2.24, 2.45) is 5.92 Å². The van der Waals surface area contributed by atoms with E-state index in [1.165, 1.54) is 0 Å². The molecule has 0 aromatic rings. The molecule has 0 saturated heterocycles. The third-order valence-corrected chi connectivity index (χ3v) is 4.58. The molecule has 1 aliphatic rings. The highest BCUT2D eigenvalue weighted by Crippen LogP contribution is 2.22. The lowest BCUT2D eigenvalue weighted by Gasteiger charge is -2.02. The Morgan fingerprint density at radius 2 is 2.09 bits per heavy atom. The van der Waals surface area contributed by atoms with Crippen molar-refractivity contribution >= 4 is 22.0 Å². The standard InChI is InChI=1S/C6H11BO3Si/c1-3-4(2)6(8)11-5(3)7(9)10/h4,9-10H,11H2,1-2H3. The molecule has 1 unspecified atom stereocenters. The molecule has 5 heteroatoms. The summed E-state index contributed by atoms with van der Waals surface area (Å²) in [5.41, 5.74) is 0.872. The van der Waals surface area contributed by atoms with E-state index in [9.17, 15) is 4.79 Å². The van der Waals surface area contributed by atoms with E-state index < -0.39 is 16.6 Å². The first-order valence-corrected chi connectivity index (χ1v) is 5.04. The van der Waals surface area contributed by atoms with E-state index in [0.29, 0.717) is 5.10 Å². The van der Waals surface area contributed by atoms with Gasteiger partial charge in [0.1, 0.15) is 14.9 Å². The van der Waals surface area contributed by atoms with Crippen molar-refractivity contribution in [1.82, 2.24) is 0 Å². The number of carbonyl (C=O) groups excluding carboxylic acids is 1. The Morgan fingerprint density at radius 1 is 1.55 bits per heavy atom. The zero-order valence-electron chi connectivity index (χ0n) is 6.66. The molecule has 0 aromatic carbocycles. The van der Waals surface area contributed by atoms with Gasteiger partial charge in [-0.05, 0) is 12.0 Å². The average Bonchev–Trinajstić information content (AvgIpc) is 2.17. The van der Waals surface area contributed by atoms with Crippen molar-refractivity contribution in [2.45, 2.75) is 13.8 Å². The van der Waals surface area contributed by atoms with Crippen LogP contribution < -0.4 is 0 Å². The van der Waals surface area contributed by atoms with E-state index in [4.69, 9.17) is 10.0 Å². The lowest BCUT2D eigenvalue weighted by atomic mass is 9.85. The molecule has 0 fully saturated rings. The van der Waals surface area contributed by atoms with Crippen LogP contribution in [0.25, 0.3) is 0 Å². The van der Waals surface area contributed by atoms with Crippen molar-refractivity contribution in [1.29, 1.82) is 0 Å². The minimum absolute atomic E-state index is 0.0709. The minimum atomic E-state index is -1.39. The fraction of sp³-hybridized carbons (Fsp3) is 0.500. The molecule has 0 amide bonds. The second kappa shape index (κ2) is 2.92. The van der Waals surface area contributed by atoms with Crippen LogP contribution in [0.1, 0.15) is 13.8 Å². The third-order valence-electron chi connectivity index (χ3n) is 2.32. The molecule has 2 N–H and O–H groups in total. The minimum Gasteiger partial charge on any atom is -0.424 e. The van der Waals surface area contributed by atoms with Gasteiger partial charge >= 0.3 is 7.12 Å². The lowest BCUT2D eigenvalue weighted by molar-refractivity contribution is -0.113. The van der Waals surface area contributed by atoms with E-state index in [0.717, 1.165) is 5.57 Å². The van der Waals surface area contributed by atoms with Crippen LogP contribution in [0.5, 0.6) is 0 Å². The summed E-state index contributed by atoms with van der Waals surface area (Å²) < 4.78 is 0. The Bertz CT molecular complexity index is 224. The molecule has 0 spiro atoms. The Kier molecular flexibility index (Phi) is 2.31. The summed E-state index contributed by atoms with van der Waals surface area (Å²) in [6, 6.07) is 0. The van der Waals surface area contributed by atoms with E-state index >= 15 is 0 Å². The first-order valence-electron chi connectivity index (χ1n) is 3.62. The van der Waals surface area contributed by atoms with Gasteiger partial charge in [-0.25, -0.2) is 0 Å². The van der Waals surface area contributed by atoms with Crippen LogP contribution in [0.4, 0.5) is 0 Å². The number of hydrogen-bond acceptors (Lipinski definition) is 3. The van der Waals surface area contributed by atoms with Crippen molar-refractivity contribution in [2.75, 3.05) is 0 Å². The van der Waals surface area contributed by atoms with Crippen molar-refractivity contribution in [3.63, 3.8) is 0 Å². The molecule has 3 nitrogen and oxygen atoms in total. The maximum Gasteiger partial charge on any atom is 0.479 e. The summed E-state index contributed by atoms with van der Waals surface area (Å²) in [6.07, 6.45) is 0. The number of allylic oxidation sites excluding steroid dienone is 1. The van der Waals surface area contributed by atoms with Gasteiger partial charge in [0.2, 0.25) is 0 Å². The molecule has 1 aliphatic heterocycles. The predicted octanol–water partition coefficient (Wildman–Crippen LogP) is -1.38. The zero-order chi connectivity index (χ0) is 8.59. The topological polar surface area (TPSA) is 57.5 Å². The summed E-state index contributed by atoms with van der Waals surface area (Å²) in [5.74, 6) is -0.0709. The Hall–Kier alpha value is -0.388. The fourth-order valence-corrected chi connectivity index (χ4v) is 3.05. The normalized spacial score (nSPS) is 26.9. The van der Waals surface area contributed by atoms with Crippen LogP contribution >= 0.6 is 0 Å². The smallest absolute Gasteiger partial charge is 0.424 e. The van der Waals surface area contributed by atoms with Crippen LogP contribution in [0.3, 0.4) is 0 Å². The second-order valence-electron chi connectivity index (χ2n) is 2.95. The highest BCUT2D eigenvalue weighted by molar-refractivity contribution is 6.92. The summed E-state index contributed by atoms with van der Waals surface area (Å²) >= 11 is 0. The Labute approximate surface area is 68.1 Å². The first kappa shape index (κ1) is 8.71. The van der Waals surface area contributed by atoms with Gasteiger partial charge in [-0.2, -0.15) is 0 Å². The van der Waals surface area contributed by atoms with Gasteiger partial charge in [0.15, 0.2) is 0 Å². The first-order chi connectivity index (χ1) is 5.04. The molecule has 1 rings (SSSR count). The van der Waals surface area contributed by atoms with Crippen LogP contribution in [-0.4, -0.2) is 32.1 Å². The van der Waals surface area contributed by atoms with Gasteiger partial charge in [-0.1, -0.05) is 12.5 Å². The molecule has 0 aliphatic carbocycles. The lowest BCUT2D eigenvalue weighted by Crippen LogP contribution is -2.21. The van der Waals surface area contributed by atoms with Gasteiger partial charge < -0.3 is 14.8 Å². The van der Waals surface area contributed by atoms with Crippen molar-refractivity contribution in [3.8, 4) is 0 Å². The Balaban J connectivity index is 2.89. The van der Waals surface area contributed by atoms with Crippen LogP contribution in [0.2, 0.25) is 0 Å². The molecular weight excluding hydrogens is 159 g/mol. The van der Waals surface area contributed by atoms with Crippen LogP contribution in [0.15, 0.2) is 10.7 Å². The van der Waals surface area contributed by atoms with E-state index in [-0.39, 0.29) is 11.3 Å². The van der Waals surface area contributed by atoms with Gasteiger partial charge in [0, 0.05) is 5.92 Å². The zero-order valence-corrected chi connectivity index (χ0v) is 8.08. The second-order valence-corrected chi connectivity index (χ2v) is 4.76. The largest absolute Gasteiger partial charge is 0.479 e. The molecule has 60 valence electrons. The summed E-state index contributed by atoms with van der Waals surface area (Å²) in [4.78, 5) is 11.1. The molecule has 0 aromatic heterocycles. The van der Waals surface area contributed by atoms with Crippen molar-refractivity contribution in [3.05, 3.63) is 10.7 Å². The number of carbonyl (C=O) groups is 1. The maximum atomic E-state index is 11.1. The quantitative estimate of drug-likeness (QED) is 0.477. The highest BCUT2D eigenvalue weighted by Gasteiger charge is 2.32. The van der Waals surface area contributed by atoms with Crippen molar-refractivity contribution < 1.29 is 14.8 Å². The maximum absolute atomic E-state index is 11.1. The van der Waals surface area contributed by atoms with Crippen LogP contribution in [0, 0.1) is 5.92 Å². The highest BCUT2D eigenvalue weighted by atomic mass is 28.2. The molecule has 0 bridgehead atoms. The molecule has 1 heterocycles. The molecular formula is C6H11BO3Si. The summed E-state index contributed by atoms with van der Waals surface area (Å²) in [5, 5.41) is 18.5. The average molecular weight is 170 g/mol. The van der Waals surface area contributed by atoms with E-state index in [2.05, 4.69) is 0 Å². The Morgan fingerprint density at radius 3 is 2.27 bits per heavy atom. The summed E-state index contributed by atoms with van der Waals surface area (Å²) in [6.45, 7) is 3.62. The molecule has 0 radical (unpaired) electrons. The third kappa shape index (κ3) is 1.45. The van der Waals surface area contributed by atoms with Gasteiger partial charge in [-0.3, -0.25) is 0 Å². The van der Waals surface area contributed by atoms with Gasteiger partial charge in [-0.15, -0.1) is 0 Å². The molecule has 11 heavy (non-hydrogen) atoms. The summed E-state index contributed by atoms with van der Waals surface area (Å²) in [7, 11) is -2.41. The molecule has 0 saturated carbocycles.